The summed E-state index contributed by atoms with van der Waals surface area (Å²) in [5, 5.41) is 4.43. The van der Waals surface area contributed by atoms with Crippen LogP contribution in [-0.4, -0.2) is 51.3 Å². The Hall–Kier alpha value is -3.27. The summed E-state index contributed by atoms with van der Waals surface area (Å²) in [6.45, 7) is 1.47. The van der Waals surface area contributed by atoms with E-state index in [2.05, 4.69) is 5.10 Å². The zero-order chi connectivity index (χ0) is 22.0. The third-order valence-corrected chi connectivity index (χ3v) is 6.98. The zero-order valence-electron chi connectivity index (χ0n) is 17.2. The molecule has 3 fully saturated rings. The molecule has 2 aromatic heterocycles. The van der Waals surface area contributed by atoms with Gasteiger partial charge >= 0.3 is 6.03 Å². The Morgan fingerprint density at radius 1 is 1.28 bits per heavy atom. The number of aromatic nitrogens is 3. The second kappa shape index (κ2) is 6.86. The SMILES string of the molecule is NC(=O)N1CC2(c3cnn4ccc(N5CCC[C@@H]5c5cc(F)ccc5F)nc34)CC1CO2. The molecule has 3 atom stereocenters. The molecule has 0 aliphatic carbocycles. The number of nitrogens with two attached hydrogens (primary N) is 1. The fraction of sp³-hybridized carbons (Fsp3) is 0.409. The molecular weight excluding hydrogens is 418 g/mol. The second-order valence-corrected chi connectivity index (χ2v) is 8.76. The van der Waals surface area contributed by atoms with Crippen LogP contribution in [0.3, 0.4) is 0 Å². The van der Waals surface area contributed by atoms with Gasteiger partial charge in [-0.25, -0.2) is 23.1 Å². The maximum atomic E-state index is 14.5. The average Bonchev–Trinajstić information content (AvgIpc) is 3.56. The van der Waals surface area contributed by atoms with E-state index in [0.29, 0.717) is 49.6 Å². The van der Waals surface area contributed by atoms with E-state index >= 15 is 0 Å². The Kier molecular flexibility index (Phi) is 4.16. The van der Waals surface area contributed by atoms with Crippen molar-refractivity contribution in [1.29, 1.82) is 0 Å². The van der Waals surface area contributed by atoms with Gasteiger partial charge in [-0.3, -0.25) is 0 Å². The quantitative estimate of drug-likeness (QED) is 0.677. The van der Waals surface area contributed by atoms with Crippen LogP contribution >= 0.6 is 0 Å². The summed E-state index contributed by atoms with van der Waals surface area (Å²) >= 11 is 0. The number of hydrogen-bond donors (Lipinski definition) is 1. The smallest absolute Gasteiger partial charge is 0.315 e. The lowest BCUT2D eigenvalue weighted by molar-refractivity contribution is -0.0363. The first-order chi connectivity index (χ1) is 15.4. The van der Waals surface area contributed by atoms with Gasteiger partial charge in [0.1, 0.15) is 23.1 Å². The Labute approximate surface area is 182 Å². The summed E-state index contributed by atoms with van der Waals surface area (Å²) in [5.74, 6) is -0.209. The summed E-state index contributed by atoms with van der Waals surface area (Å²) < 4.78 is 36.1. The molecule has 2 N–H and O–H groups in total. The first kappa shape index (κ1) is 19.4. The Balaban J connectivity index is 1.39. The van der Waals surface area contributed by atoms with Gasteiger partial charge in [-0.05, 0) is 37.1 Å². The topological polar surface area (TPSA) is 89.0 Å². The van der Waals surface area contributed by atoms with Crippen molar-refractivity contribution in [1.82, 2.24) is 19.5 Å². The van der Waals surface area contributed by atoms with Crippen LogP contribution in [0.2, 0.25) is 0 Å². The molecule has 2 unspecified atom stereocenters. The number of halogens is 2. The number of rotatable bonds is 3. The molecule has 8 nitrogen and oxygen atoms in total. The third-order valence-electron chi connectivity index (χ3n) is 6.98. The molecule has 0 radical (unpaired) electrons. The molecule has 3 aromatic rings. The normalized spacial score (nSPS) is 27.1. The van der Waals surface area contributed by atoms with Crippen LogP contribution in [0.25, 0.3) is 5.65 Å². The average molecular weight is 440 g/mol. The summed E-state index contributed by atoms with van der Waals surface area (Å²) in [5.41, 5.74) is 6.62. The summed E-state index contributed by atoms with van der Waals surface area (Å²) in [4.78, 5) is 20.3. The number of carbonyl (C=O) groups excluding carboxylic acids is 1. The Morgan fingerprint density at radius 3 is 2.97 bits per heavy atom. The zero-order valence-corrected chi connectivity index (χ0v) is 17.2. The number of fused-ring (bicyclic) bond motifs is 3. The van der Waals surface area contributed by atoms with Crippen LogP contribution in [0.5, 0.6) is 0 Å². The van der Waals surface area contributed by atoms with E-state index in [4.69, 9.17) is 15.5 Å². The van der Waals surface area contributed by atoms with Crippen molar-refractivity contribution >= 4 is 17.5 Å². The number of carbonyl (C=O) groups is 1. The van der Waals surface area contributed by atoms with Gasteiger partial charge < -0.3 is 20.3 Å². The van der Waals surface area contributed by atoms with Crippen molar-refractivity contribution in [2.75, 3.05) is 24.6 Å². The minimum atomic E-state index is -0.688. The molecule has 0 saturated carbocycles. The molecule has 2 amide bonds. The van der Waals surface area contributed by atoms with E-state index in [9.17, 15) is 13.6 Å². The third kappa shape index (κ3) is 2.78. The highest BCUT2D eigenvalue weighted by Crippen LogP contribution is 2.46. The van der Waals surface area contributed by atoms with E-state index in [1.807, 2.05) is 17.2 Å². The highest BCUT2D eigenvalue weighted by atomic mass is 19.1. The van der Waals surface area contributed by atoms with E-state index in [-0.39, 0.29) is 12.1 Å². The molecule has 3 aliphatic rings. The number of benzene rings is 1. The van der Waals surface area contributed by atoms with Gasteiger partial charge in [0, 0.05) is 24.7 Å². The van der Waals surface area contributed by atoms with Crippen LogP contribution in [0.4, 0.5) is 19.4 Å². The molecule has 166 valence electrons. The lowest BCUT2D eigenvalue weighted by Crippen LogP contribution is -2.46. The molecule has 5 heterocycles. The number of ether oxygens (including phenoxy) is 1. The van der Waals surface area contributed by atoms with Crippen molar-refractivity contribution in [3.8, 4) is 0 Å². The number of nitrogens with zero attached hydrogens (tertiary/aromatic N) is 5. The highest BCUT2D eigenvalue weighted by molar-refractivity contribution is 5.73. The second-order valence-electron chi connectivity index (χ2n) is 8.76. The number of primary amides is 1. The first-order valence-corrected chi connectivity index (χ1v) is 10.7. The summed E-state index contributed by atoms with van der Waals surface area (Å²) in [6, 6.07) is 4.60. The maximum Gasteiger partial charge on any atom is 0.315 e. The van der Waals surface area contributed by atoms with Gasteiger partial charge in [-0.1, -0.05) is 0 Å². The largest absolute Gasteiger partial charge is 0.366 e. The Morgan fingerprint density at radius 2 is 2.16 bits per heavy atom. The predicted octanol–water partition coefficient (Wildman–Crippen LogP) is 2.73. The number of amides is 2. The van der Waals surface area contributed by atoms with Gasteiger partial charge in [0.2, 0.25) is 0 Å². The highest BCUT2D eigenvalue weighted by Gasteiger charge is 2.54. The number of morpholine rings is 1. The van der Waals surface area contributed by atoms with E-state index in [0.717, 1.165) is 18.1 Å². The molecular formula is C22H22F2N6O2. The van der Waals surface area contributed by atoms with Gasteiger partial charge in [0.25, 0.3) is 0 Å². The fourth-order valence-electron chi connectivity index (χ4n) is 5.47. The van der Waals surface area contributed by atoms with Crippen LogP contribution in [0, 0.1) is 11.6 Å². The standard InChI is InChI=1S/C22H22F2N6O2/c23-13-3-4-17(24)15(8-13)18-2-1-6-28(18)19-5-7-30-20(27-19)16(10-26-30)22-9-14(11-32-22)29(12-22)21(25)31/h3-5,7-8,10,14,18H,1-2,6,9,11-12H2,(H2,25,31)/t14?,18-,22?/m1/s1. The molecule has 6 rings (SSSR count). The van der Waals surface area contributed by atoms with E-state index < -0.39 is 23.3 Å². The van der Waals surface area contributed by atoms with Crippen molar-refractivity contribution in [2.24, 2.45) is 5.73 Å². The first-order valence-electron chi connectivity index (χ1n) is 10.7. The number of hydrogen-bond acceptors (Lipinski definition) is 5. The Bertz CT molecular complexity index is 1230. The monoisotopic (exact) mass is 440 g/mol. The predicted molar refractivity (Wildman–Crippen MR) is 111 cm³/mol. The van der Waals surface area contributed by atoms with Crippen molar-refractivity contribution in [2.45, 2.75) is 36.9 Å². The maximum absolute atomic E-state index is 14.5. The molecule has 3 aliphatic heterocycles. The van der Waals surface area contributed by atoms with Crippen molar-refractivity contribution in [3.63, 3.8) is 0 Å². The number of likely N-dealkylation sites (tertiary alicyclic amines) is 1. The van der Waals surface area contributed by atoms with E-state index in [1.54, 1.807) is 15.6 Å². The molecule has 10 heteroatoms. The van der Waals surface area contributed by atoms with Crippen LogP contribution in [0.15, 0.2) is 36.7 Å². The summed E-state index contributed by atoms with van der Waals surface area (Å²) in [6.07, 6.45) is 5.74. The van der Waals surface area contributed by atoms with Crippen LogP contribution < -0.4 is 10.6 Å². The van der Waals surface area contributed by atoms with Crippen LogP contribution in [0.1, 0.15) is 36.4 Å². The fourth-order valence-corrected chi connectivity index (χ4v) is 5.47. The molecule has 0 spiro atoms. The minimum absolute atomic E-state index is 0.0513. The lowest BCUT2D eigenvalue weighted by Gasteiger charge is -2.31. The molecule has 1 aromatic carbocycles. The van der Waals surface area contributed by atoms with Gasteiger partial charge in [0.05, 0.1) is 37.0 Å². The van der Waals surface area contributed by atoms with Crippen LogP contribution in [-0.2, 0) is 10.3 Å². The van der Waals surface area contributed by atoms with Crippen molar-refractivity contribution in [3.05, 3.63) is 59.4 Å². The summed E-state index contributed by atoms with van der Waals surface area (Å²) in [7, 11) is 0. The van der Waals surface area contributed by atoms with E-state index in [1.165, 1.54) is 12.1 Å². The number of anilines is 1. The van der Waals surface area contributed by atoms with Gasteiger partial charge in [-0.15, -0.1) is 0 Å². The number of urea groups is 1. The molecule has 2 bridgehead atoms. The van der Waals surface area contributed by atoms with Gasteiger partial charge in [0.15, 0.2) is 5.65 Å². The van der Waals surface area contributed by atoms with Crippen molar-refractivity contribution < 1.29 is 18.3 Å². The molecule has 32 heavy (non-hydrogen) atoms. The molecule has 3 saturated heterocycles. The van der Waals surface area contributed by atoms with Gasteiger partial charge in [-0.2, -0.15) is 5.10 Å². The minimum Gasteiger partial charge on any atom is -0.366 e. The lowest BCUT2D eigenvalue weighted by atomic mass is 9.95.